The molecular formula is C23H28N2O2S. The molecule has 1 N–H and O–H groups in total. The third kappa shape index (κ3) is 4.72. The van der Waals surface area contributed by atoms with Crippen LogP contribution in [0, 0.1) is 5.92 Å². The Kier molecular flexibility index (Phi) is 5.95. The number of nitrogens with zero attached hydrogens (tertiary/aromatic N) is 1. The summed E-state index contributed by atoms with van der Waals surface area (Å²) in [7, 11) is -3.41. The molecule has 0 bridgehead atoms. The number of hydrogen-bond donors (Lipinski definition) is 1. The van der Waals surface area contributed by atoms with Gasteiger partial charge in [0, 0.05) is 19.6 Å². The lowest BCUT2D eigenvalue weighted by Crippen LogP contribution is -2.40. The summed E-state index contributed by atoms with van der Waals surface area (Å²) in [6, 6.07) is 18.5. The van der Waals surface area contributed by atoms with E-state index >= 15 is 0 Å². The van der Waals surface area contributed by atoms with Gasteiger partial charge < -0.3 is 0 Å². The second kappa shape index (κ2) is 8.60. The van der Waals surface area contributed by atoms with Crippen LogP contribution >= 0.6 is 0 Å². The van der Waals surface area contributed by atoms with Crippen molar-refractivity contribution < 1.29 is 8.42 Å². The van der Waals surface area contributed by atoms with Crippen molar-refractivity contribution in [1.29, 1.82) is 0 Å². The van der Waals surface area contributed by atoms with Gasteiger partial charge in [0.1, 0.15) is 0 Å². The average Bonchev–Trinajstić information content (AvgIpc) is 2.73. The van der Waals surface area contributed by atoms with Crippen LogP contribution in [0.4, 0.5) is 0 Å². The molecular weight excluding hydrogens is 368 g/mol. The summed E-state index contributed by atoms with van der Waals surface area (Å²) in [5, 5.41) is 0. The van der Waals surface area contributed by atoms with Gasteiger partial charge in [-0.2, -0.15) is 0 Å². The van der Waals surface area contributed by atoms with Gasteiger partial charge in [0.25, 0.3) is 0 Å². The van der Waals surface area contributed by atoms with Gasteiger partial charge in [-0.3, -0.25) is 4.90 Å². The average molecular weight is 397 g/mol. The van der Waals surface area contributed by atoms with Crippen LogP contribution in [0.25, 0.3) is 6.08 Å². The Bertz CT molecular complexity index is 938. The van der Waals surface area contributed by atoms with Crippen molar-refractivity contribution in [1.82, 2.24) is 9.62 Å². The molecule has 1 saturated heterocycles. The molecule has 1 aliphatic heterocycles. The molecule has 0 radical (unpaired) electrons. The molecule has 148 valence electrons. The van der Waals surface area contributed by atoms with Crippen LogP contribution < -0.4 is 4.72 Å². The molecule has 0 spiro atoms. The molecule has 4 rings (SSSR count). The number of piperidine rings is 1. The second-order valence-corrected chi connectivity index (χ2v) is 9.71. The molecule has 2 aromatic rings. The number of sulfonamides is 1. The highest BCUT2D eigenvalue weighted by atomic mass is 32.2. The van der Waals surface area contributed by atoms with Gasteiger partial charge in [-0.05, 0) is 60.9 Å². The molecule has 5 heteroatoms. The van der Waals surface area contributed by atoms with Crippen molar-refractivity contribution >= 4 is 16.1 Å². The summed E-state index contributed by atoms with van der Waals surface area (Å²) in [4.78, 5) is 2.96. The second-order valence-electron chi connectivity index (χ2n) is 7.89. The third-order valence-corrected chi connectivity index (χ3v) is 7.33. The van der Waals surface area contributed by atoms with E-state index in [9.17, 15) is 8.42 Å². The van der Waals surface area contributed by atoms with E-state index in [2.05, 4.69) is 40.0 Å². The van der Waals surface area contributed by atoms with E-state index in [0.29, 0.717) is 23.8 Å². The minimum atomic E-state index is -3.41. The van der Waals surface area contributed by atoms with E-state index < -0.39 is 10.0 Å². The maximum absolute atomic E-state index is 12.8. The van der Waals surface area contributed by atoms with E-state index in [0.717, 1.165) is 44.5 Å². The highest BCUT2D eigenvalue weighted by Crippen LogP contribution is 2.27. The topological polar surface area (TPSA) is 49.4 Å². The summed E-state index contributed by atoms with van der Waals surface area (Å²) in [5.41, 5.74) is 3.57. The van der Waals surface area contributed by atoms with Gasteiger partial charge in [0.05, 0.1) is 4.91 Å². The summed E-state index contributed by atoms with van der Waals surface area (Å²) < 4.78 is 28.5. The lowest BCUT2D eigenvalue weighted by Gasteiger charge is -2.33. The molecule has 0 aromatic heterocycles. The molecule has 1 unspecified atom stereocenters. The molecule has 1 heterocycles. The molecule has 0 saturated carbocycles. The number of nitrogens with one attached hydrogen (secondary N) is 1. The van der Waals surface area contributed by atoms with Crippen molar-refractivity contribution in [2.75, 3.05) is 19.6 Å². The first-order chi connectivity index (χ1) is 13.6. The first-order valence-electron chi connectivity index (χ1n) is 10.1. The van der Waals surface area contributed by atoms with Crippen LogP contribution in [0.2, 0.25) is 0 Å². The van der Waals surface area contributed by atoms with E-state index in [1.807, 2.05) is 30.3 Å². The summed E-state index contributed by atoms with van der Waals surface area (Å²) in [5.74, 6) is 0.365. The SMILES string of the molecule is O=S(=O)(NCC1CCCN(Cc2ccccc2)C1)C1=Cc2ccccc2CC1. The van der Waals surface area contributed by atoms with E-state index in [1.165, 1.54) is 11.1 Å². The largest absolute Gasteiger partial charge is 0.299 e. The number of hydrogen-bond acceptors (Lipinski definition) is 3. The van der Waals surface area contributed by atoms with Crippen LogP contribution in [0.5, 0.6) is 0 Å². The van der Waals surface area contributed by atoms with Gasteiger partial charge >= 0.3 is 0 Å². The Labute approximate surface area is 168 Å². The lowest BCUT2D eigenvalue weighted by atomic mass is 9.98. The first kappa shape index (κ1) is 19.4. The smallest absolute Gasteiger partial charge is 0.236 e. The molecule has 0 amide bonds. The molecule has 4 nitrogen and oxygen atoms in total. The molecule has 1 fully saturated rings. The van der Waals surface area contributed by atoms with Gasteiger partial charge in [0.2, 0.25) is 10.0 Å². The first-order valence-corrected chi connectivity index (χ1v) is 11.6. The summed E-state index contributed by atoms with van der Waals surface area (Å²) in [6.07, 6.45) is 5.41. The zero-order valence-corrected chi connectivity index (χ0v) is 17.0. The van der Waals surface area contributed by atoms with Gasteiger partial charge in [-0.1, -0.05) is 54.6 Å². The lowest BCUT2D eigenvalue weighted by molar-refractivity contribution is 0.169. The highest BCUT2D eigenvalue weighted by Gasteiger charge is 2.25. The van der Waals surface area contributed by atoms with Gasteiger partial charge in [-0.15, -0.1) is 0 Å². The van der Waals surface area contributed by atoms with E-state index in [-0.39, 0.29) is 0 Å². The quantitative estimate of drug-likeness (QED) is 0.808. The van der Waals surface area contributed by atoms with Crippen molar-refractivity contribution in [3.05, 3.63) is 76.2 Å². The fourth-order valence-corrected chi connectivity index (χ4v) is 5.53. The fourth-order valence-electron chi connectivity index (χ4n) is 4.24. The standard InChI is InChI=1S/C23H28N2O2S/c26-28(27,23-13-12-21-10-4-5-11-22(21)15-23)24-16-20-9-6-14-25(18-20)17-19-7-2-1-3-8-19/h1-5,7-8,10-11,15,20,24H,6,9,12-14,16-18H2. The number of fused-ring (bicyclic) bond motifs is 1. The van der Waals surface area contributed by atoms with E-state index in [1.54, 1.807) is 0 Å². The Morgan fingerprint density at radius 3 is 2.64 bits per heavy atom. The zero-order chi connectivity index (χ0) is 19.4. The fraction of sp³-hybridized carbons (Fsp3) is 0.391. The Balaban J connectivity index is 1.35. The Morgan fingerprint density at radius 2 is 1.79 bits per heavy atom. The maximum Gasteiger partial charge on any atom is 0.236 e. The predicted octanol–water partition coefficient (Wildman–Crippen LogP) is 3.81. The molecule has 2 aliphatic rings. The van der Waals surface area contributed by atoms with Crippen molar-refractivity contribution in [3.63, 3.8) is 0 Å². The number of benzene rings is 2. The third-order valence-electron chi connectivity index (χ3n) is 5.77. The molecule has 1 atom stereocenters. The van der Waals surface area contributed by atoms with Crippen LogP contribution in [0.3, 0.4) is 0 Å². The monoisotopic (exact) mass is 396 g/mol. The Hall–Kier alpha value is -1.95. The highest BCUT2D eigenvalue weighted by molar-refractivity contribution is 7.93. The minimum Gasteiger partial charge on any atom is -0.299 e. The number of aryl methyl sites for hydroxylation is 1. The maximum atomic E-state index is 12.8. The molecule has 1 aliphatic carbocycles. The van der Waals surface area contributed by atoms with Gasteiger partial charge in [-0.25, -0.2) is 13.1 Å². The molecule has 28 heavy (non-hydrogen) atoms. The number of allylic oxidation sites excluding steroid dienone is 1. The summed E-state index contributed by atoms with van der Waals surface area (Å²) in [6.45, 7) is 3.48. The predicted molar refractivity (Wildman–Crippen MR) is 114 cm³/mol. The number of likely N-dealkylation sites (tertiary alicyclic amines) is 1. The van der Waals surface area contributed by atoms with E-state index in [4.69, 9.17) is 0 Å². The number of rotatable bonds is 6. The van der Waals surface area contributed by atoms with Crippen molar-refractivity contribution in [2.24, 2.45) is 5.92 Å². The zero-order valence-electron chi connectivity index (χ0n) is 16.2. The van der Waals surface area contributed by atoms with Crippen LogP contribution in [-0.2, 0) is 23.0 Å². The normalized spacial score (nSPS) is 20.4. The van der Waals surface area contributed by atoms with Crippen LogP contribution in [0.1, 0.15) is 36.0 Å². The summed E-state index contributed by atoms with van der Waals surface area (Å²) >= 11 is 0. The molecule has 2 aromatic carbocycles. The Morgan fingerprint density at radius 1 is 1.00 bits per heavy atom. The minimum absolute atomic E-state index is 0.365. The van der Waals surface area contributed by atoms with Crippen molar-refractivity contribution in [2.45, 2.75) is 32.2 Å². The van der Waals surface area contributed by atoms with Crippen LogP contribution in [-0.4, -0.2) is 33.0 Å². The van der Waals surface area contributed by atoms with Crippen LogP contribution in [0.15, 0.2) is 59.5 Å². The van der Waals surface area contributed by atoms with Gasteiger partial charge in [0.15, 0.2) is 0 Å². The van der Waals surface area contributed by atoms with Crippen molar-refractivity contribution in [3.8, 4) is 0 Å².